The van der Waals surface area contributed by atoms with Gasteiger partial charge >= 0.3 is 21.6 Å². The summed E-state index contributed by atoms with van der Waals surface area (Å²) in [6, 6.07) is 0. The second kappa shape index (κ2) is 6.53. The molecule has 0 atom stereocenters. The number of carbonyl (C=O) groups is 1. The van der Waals surface area contributed by atoms with Crippen molar-refractivity contribution in [2.75, 3.05) is 6.61 Å². The third-order valence-electron chi connectivity index (χ3n) is 0.428. The van der Waals surface area contributed by atoms with Crippen LogP contribution in [-0.2, 0) is 14.9 Å². The molecule has 0 aromatic carbocycles. The number of alkyl halides is 3. The van der Waals surface area contributed by atoms with Crippen molar-refractivity contribution in [3.05, 3.63) is 0 Å². The fraction of sp³-hybridized carbons (Fsp3) is 0.667. The molecule has 0 spiro atoms. The Kier molecular flexibility index (Phi) is 8.77. The standard InChI is InChI=1S/C2H4O3.CHF3O3S.H2O/c3-1-2(4)5;2-1(3,4)8(5,6)7;/h3H,1H2,(H,4,5);(H,5,6,7);1H2. The minimum atomic E-state index is -5.84. The molecule has 0 radical (unpaired) electrons. The monoisotopic (exact) mass is 244 g/mol. The molecule has 0 aliphatic carbocycles. The van der Waals surface area contributed by atoms with E-state index in [1.807, 2.05) is 0 Å². The summed E-state index contributed by atoms with van der Waals surface area (Å²) in [5.41, 5.74) is -5.53. The van der Waals surface area contributed by atoms with Crippen LogP contribution in [0.15, 0.2) is 0 Å². The van der Waals surface area contributed by atoms with Gasteiger partial charge in [-0.05, 0) is 0 Å². The highest BCUT2D eigenvalue weighted by molar-refractivity contribution is 7.86. The third-order valence-corrected chi connectivity index (χ3v) is 1.01. The number of hydrogen-bond acceptors (Lipinski definition) is 4. The number of halogens is 3. The van der Waals surface area contributed by atoms with Gasteiger partial charge in [0.15, 0.2) is 0 Å². The Hall–Kier alpha value is -0.910. The van der Waals surface area contributed by atoms with E-state index in [2.05, 4.69) is 0 Å². The molecule has 0 heterocycles. The Morgan fingerprint density at radius 3 is 1.43 bits per heavy atom. The van der Waals surface area contributed by atoms with Gasteiger partial charge in [-0.25, -0.2) is 4.79 Å². The van der Waals surface area contributed by atoms with E-state index in [9.17, 15) is 13.2 Å². The van der Waals surface area contributed by atoms with E-state index >= 15 is 0 Å². The summed E-state index contributed by atoms with van der Waals surface area (Å²) in [4.78, 5) is 9.12. The van der Waals surface area contributed by atoms with E-state index in [4.69, 9.17) is 28.0 Å². The molecule has 0 rings (SSSR count). The SMILES string of the molecule is O.O=C(O)CO.O=S(=O)(O)C(F)(F)F. The van der Waals surface area contributed by atoms with Crippen LogP contribution < -0.4 is 0 Å². The van der Waals surface area contributed by atoms with E-state index in [-0.39, 0.29) is 5.48 Å². The van der Waals surface area contributed by atoms with Gasteiger partial charge in [0.1, 0.15) is 6.61 Å². The third kappa shape index (κ3) is 11.1. The van der Waals surface area contributed by atoms with E-state index in [1.165, 1.54) is 0 Å². The summed E-state index contributed by atoms with van der Waals surface area (Å²) >= 11 is 0. The van der Waals surface area contributed by atoms with Crippen molar-refractivity contribution in [2.24, 2.45) is 0 Å². The lowest BCUT2D eigenvalue weighted by atomic mass is 10.8. The second-order valence-electron chi connectivity index (χ2n) is 1.47. The molecule has 88 valence electrons. The Labute approximate surface area is 75.8 Å². The fourth-order valence-electron chi connectivity index (χ4n) is 0. The van der Waals surface area contributed by atoms with Crippen molar-refractivity contribution in [1.82, 2.24) is 0 Å². The predicted molar refractivity (Wildman–Crippen MR) is 35.9 cm³/mol. The Bertz CT molecular complexity index is 254. The number of aliphatic hydroxyl groups is 1. The van der Waals surface area contributed by atoms with Crippen molar-refractivity contribution in [2.45, 2.75) is 5.51 Å². The smallest absolute Gasteiger partial charge is 0.480 e. The number of rotatable bonds is 1. The van der Waals surface area contributed by atoms with Crippen LogP contribution in [0.1, 0.15) is 0 Å². The van der Waals surface area contributed by atoms with Gasteiger partial charge in [0, 0.05) is 0 Å². The van der Waals surface area contributed by atoms with Gasteiger partial charge in [-0.3, -0.25) is 4.55 Å². The average molecular weight is 244 g/mol. The quantitative estimate of drug-likeness (QED) is 0.383. The van der Waals surface area contributed by atoms with Crippen molar-refractivity contribution in [3.63, 3.8) is 0 Å². The van der Waals surface area contributed by atoms with Crippen LogP contribution >= 0.6 is 0 Å². The number of aliphatic hydroxyl groups excluding tert-OH is 1. The summed E-state index contributed by atoms with van der Waals surface area (Å²) in [6.45, 7) is -0.778. The zero-order chi connectivity index (χ0) is 11.3. The molecule has 0 saturated heterocycles. The molecule has 0 saturated carbocycles. The maximum absolute atomic E-state index is 10.7. The summed E-state index contributed by atoms with van der Waals surface area (Å²) in [7, 11) is -5.84. The Morgan fingerprint density at radius 2 is 1.43 bits per heavy atom. The molecule has 0 fully saturated rings. The molecule has 0 aromatic rings. The van der Waals surface area contributed by atoms with Crippen LogP contribution in [0.3, 0.4) is 0 Å². The summed E-state index contributed by atoms with van der Waals surface area (Å²) in [5.74, 6) is -1.19. The fourth-order valence-corrected chi connectivity index (χ4v) is 0. The average Bonchev–Trinajstić information content (AvgIpc) is 1.84. The van der Waals surface area contributed by atoms with Gasteiger partial charge in [0.05, 0.1) is 0 Å². The molecule has 14 heavy (non-hydrogen) atoms. The van der Waals surface area contributed by atoms with Crippen LogP contribution in [0.2, 0.25) is 0 Å². The first-order valence-corrected chi connectivity index (χ1v) is 3.82. The maximum atomic E-state index is 10.7. The van der Waals surface area contributed by atoms with Crippen LogP contribution in [0.4, 0.5) is 13.2 Å². The van der Waals surface area contributed by atoms with Crippen LogP contribution in [0.25, 0.3) is 0 Å². The molecule has 0 aliphatic heterocycles. The first-order valence-electron chi connectivity index (χ1n) is 2.38. The highest BCUT2D eigenvalue weighted by Crippen LogP contribution is 2.20. The molecular formula is C3H7F3O7S. The predicted octanol–water partition coefficient (Wildman–Crippen LogP) is -1.37. The first kappa shape index (κ1) is 18.8. The van der Waals surface area contributed by atoms with Crippen molar-refractivity contribution >= 4 is 16.1 Å². The molecular weight excluding hydrogens is 237 g/mol. The van der Waals surface area contributed by atoms with Crippen LogP contribution in [0, 0.1) is 0 Å². The topological polar surface area (TPSA) is 143 Å². The molecule has 11 heteroatoms. The largest absolute Gasteiger partial charge is 0.522 e. The summed E-state index contributed by atoms with van der Waals surface area (Å²) in [6.07, 6.45) is 0. The van der Waals surface area contributed by atoms with Gasteiger partial charge < -0.3 is 15.7 Å². The summed E-state index contributed by atoms with van der Waals surface area (Å²) in [5, 5.41) is 15.0. The number of aliphatic carboxylic acids is 1. The zero-order valence-electron chi connectivity index (χ0n) is 6.32. The van der Waals surface area contributed by atoms with Gasteiger partial charge in [-0.2, -0.15) is 21.6 Å². The van der Waals surface area contributed by atoms with Crippen molar-refractivity contribution < 1.29 is 46.6 Å². The number of hydrogen-bond donors (Lipinski definition) is 3. The Morgan fingerprint density at radius 1 is 1.29 bits per heavy atom. The van der Waals surface area contributed by atoms with E-state index < -0.39 is 28.2 Å². The van der Waals surface area contributed by atoms with E-state index in [0.29, 0.717) is 0 Å². The number of carboxylic acid groups (broad SMARTS) is 1. The van der Waals surface area contributed by atoms with Gasteiger partial charge in [0.25, 0.3) is 0 Å². The highest BCUT2D eigenvalue weighted by Gasteiger charge is 2.44. The van der Waals surface area contributed by atoms with E-state index in [0.717, 1.165) is 0 Å². The van der Waals surface area contributed by atoms with Crippen LogP contribution in [0.5, 0.6) is 0 Å². The van der Waals surface area contributed by atoms with Gasteiger partial charge in [-0.1, -0.05) is 0 Å². The lowest BCUT2D eigenvalue weighted by Gasteiger charge is -1.97. The van der Waals surface area contributed by atoms with Crippen molar-refractivity contribution in [3.8, 4) is 0 Å². The molecule has 0 unspecified atom stereocenters. The minimum absolute atomic E-state index is 0. The Balaban J connectivity index is -0.000000177. The molecule has 0 bridgehead atoms. The molecule has 0 aromatic heterocycles. The lowest BCUT2D eigenvalue weighted by molar-refractivity contribution is -0.140. The van der Waals surface area contributed by atoms with E-state index in [1.54, 1.807) is 0 Å². The van der Waals surface area contributed by atoms with Crippen molar-refractivity contribution in [1.29, 1.82) is 0 Å². The zero-order valence-corrected chi connectivity index (χ0v) is 7.13. The second-order valence-corrected chi connectivity index (χ2v) is 2.89. The highest BCUT2D eigenvalue weighted by atomic mass is 32.2. The first-order chi connectivity index (χ1) is 5.52. The molecule has 0 aliphatic rings. The molecule has 0 amide bonds. The minimum Gasteiger partial charge on any atom is -0.480 e. The number of carboxylic acids is 1. The summed E-state index contributed by atoms with van der Waals surface area (Å²) < 4.78 is 57.5. The lowest BCUT2D eigenvalue weighted by Crippen LogP contribution is -2.21. The van der Waals surface area contributed by atoms with Crippen LogP contribution in [-0.4, -0.2) is 46.7 Å². The van der Waals surface area contributed by atoms with Gasteiger partial charge in [0.2, 0.25) is 0 Å². The normalized spacial score (nSPS) is 10.6. The molecule has 5 N–H and O–H groups in total. The maximum Gasteiger partial charge on any atom is 0.522 e. The van der Waals surface area contributed by atoms with Gasteiger partial charge in [-0.15, -0.1) is 0 Å². The molecule has 7 nitrogen and oxygen atoms in total.